The highest BCUT2D eigenvalue weighted by atomic mass is 32.1. The van der Waals surface area contributed by atoms with E-state index < -0.39 is 0 Å². The molecule has 0 aliphatic heterocycles. The van der Waals surface area contributed by atoms with Gasteiger partial charge in [0.05, 0.1) is 12.2 Å². The third kappa shape index (κ3) is 6.18. The number of anilines is 1. The molecule has 0 unspecified atom stereocenters. The summed E-state index contributed by atoms with van der Waals surface area (Å²) in [7, 11) is 0. The molecule has 0 atom stereocenters. The van der Waals surface area contributed by atoms with E-state index in [1.807, 2.05) is 12.1 Å². The minimum absolute atomic E-state index is 0.310. The van der Waals surface area contributed by atoms with Crippen LogP contribution >= 0.6 is 12.2 Å². The number of hydrogen-bond donors (Lipinski definition) is 2. The minimum Gasteiger partial charge on any atom is -0.462 e. The highest BCUT2D eigenvalue weighted by Crippen LogP contribution is 2.17. The Morgan fingerprint density at radius 2 is 1.91 bits per heavy atom. The quantitative estimate of drug-likeness (QED) is 0.636. The van der Waals surface area contributed by atoms with Crippen molar-refractivity contribution in [3.8, 4) is 0 Å². The van der Waals surface area contributed by atoms with Crippen molar-refractivity contribution < 1.29 is 9.53 Å². The molecule has 1 aromatic rings. The van der Waals surface area contributed by atoms with E-state index in [9.17, 15) is 4.79 Å². The monoisotopic (exact) mass is 334 g/mol. The van der Waals surface area contributed by atoms with Crippen molar-refractivity contribution in [3.05, 3.63) is 29.8 Å². The highest BCUT2D eigenvalue weighted by Gasteiger charge is 2.13. The van der Waals surface area contributed by atoms with Gasteiger partial charge in [-0.25, -0.2) is 4.79 Å². The number of carbonyl (C=O) groups is 1. The molecule has 1 fully saturated rings. The third-order valence-electron chi connectivity index (χ3n) is 4.07. The molecule has 5 heteroatoms. The first kappa shape index (κ1) is 17.7. The number of esters is 1. The maximum atomic E-state index is 11.8. The van der Waals surface area contributed by atoms with Gasteiger partial charge in [-0.1, -0.05) is 38.2 Å². The van der Waals surface area contributed by atoms with Crippen LogP contribution in [0.2, 0.25) is 0 Å². The maximum absolute atomic E-state index is 11.8. The molecule has 1 aliphatic rings. The molecule has 0 saturated heterocycles. The smallest absolute Gasteiger partial charge is 0.338 e. The van der Waals surface area contributed by atoms with Crippen molar-refractivity contribution in [2.75, 3.05) is 11.9 Å². The van der Waals surface area contributed by atoms with E-state index in [1.54, 1.807) is 19.1 Å². The molecule has 0 heterocycles. The molecule has 1 saturated carbocycles. The summed E-state index contributed by atoms with van der Waals surface area (Å²) in [5.74, 6) is -0.310. The lowest BCUT2D eigenvalue weighted by atomic mass is 9.97. The SMILES string of the molecule is CCOC(=O)c1cccc(NC(=S)NC2CCCCCCC2)c1. The molecule has 1 aromatic carbocycles. The van der Waals surface area contributed by atoms with E-state index in [0.29, 0.717) is 23.3 Å². The van der Waals surface area contributed by atoms with Crippen LogP contribution < -0.4 is 10.6 Å². The van der Waals surface area contributed by atoms with Crippen molar-refractivity contribution in [2.24, 2.45) is 0 Å². The number of rotatable bonds is 4. The Morgan fingerprint density at radius 1 is 1.22 bits per heavy atom. The molecule has 126 valence electrons. The third-order valence-corrected chi connectivity index (χ3v) is 4.29. The van der Waals surface area contributed by atoms with Gasteiger partial charge in [-0.15, -0.1) is 0 Å². The standard InChI is InChI=1S/C18H26N2O2S/c1-2-22-17(21)14-9-8-12-16(13-14)20-18(23)19-15-10-6-4-3-5-7-11-15/h8-9,12-13,15H,2-7,10-11H2,1H3,(H2,19,20,23). The zero-order chi connectivity index (χ0) is 16.5. The summed E-state index contributed by atoms with van der Waals surface area (Å²) in [6, 6.07) is 7.68. The molecular weight excluding hydrogens is 308 g/mol. The molecule has 0 bridgehead atoms. The zero-order valence-electron chi connectivity index (χ0n) is 13.8. The van der Waals surface area contributed by atoms with E-state index in [4.69, 9.17) is 17.0 Å². The lowest BCUT2D eigenvalue weighted by molar-refractivity contribution is 0.0526. The fourth-order valence-electron chi connectivity index (χ4n) is 2.89. The first-order valence-electron chi connectivity index (χ1n) is 8.53. The van der Waals surface area contributed by atoms with Crippen LogP contribution in [-0.2, 0) is 4.74 Å². The van der Waals surface area contributed by atoms with Crippen LogP contribution in [0.1, 0.15) is 62.2 Å². The predicted molar refractivity (Wildman–Crippen MR) is 97.9 cm³/mol. The summed E-state index contributed by atoms with van der Waals surface area (Å²) in [5, 5.41) is 7.21. The summed E-state index contributed by atoms with van der Waals surface area (Å²) >= 11 is 5.42. The molecular formula is C18H26N2O2S. The van der Waals surface area contributed by atoms with Crippen molar-refractivity contribution in [2.45, 2.75) is 57.9 Å². The van der Waals surface area contributed by atoms with E-state index in [1.165, 1.54) is 44.9 Å². The molecule has 0 radical (unpaired) electrons. The maximum Gasteiger partial charge on any atom is 0.338 e. The average molecular weight is 334 g/mol. The van der Waals surface area contributed by atoms with Crippen LogP contribution in [0.15, 0.2) is 24.3 Å². The molecule has 4 nitrogen and oxygen atoms in total. The summed E-state index contributed by atoms with van der Waals surface area (Å²) < 4.78 is 5.02. The fraction of sp³-hybridized carbons (Fsp3) is 0.556. The summed E-state index contributed by atoms with van der Waals surface area (Å²) in [4.78, 5) is 11.8. The first-order chi connectivity index (χ1) is 11.2. The van der Waals surface area contributed by atoms with Crippen LogP contribution in [0, 0.1) is 0 Å². The van der Waals surface area contributed by atoms with Crippen molar-refractivity contribution in [1.29, 1.82) is 0 Å². The second kappa shape index (κ2) is 9.50. The number of nitrogens with one attached hydrogen (secondary N) is 2. The van der Waals surface area contributed by atoms with E-state index in [-0.39, 0.29) is 5.97 Å². The highest BCUT2D eigenvalue weighted by molar-refractivity contribution is 7.80. The minimum atomic E-state index is -0.310. The molecule has 2 rings (SSSR count). The van der Waals surface area contributed by atoms with Gasteiger partial charge in [0, 0.05) is 11.7 Å². The lowest BCUT2D eigenvalue weighted by Gasteiger charge is -2.23. The van der Waals surface area contributed by atoms with Gasteiger partial charge < -0.3 is 15.4 Å². The summed E-state index contributed by atoms with van der Waals surface area (Å²) in [6.45, 7) is 2.17. The Kier molecular flexibility index (Phi) is 7.33. The van der Waals surface area contributed by atoms with Gasteiger partial charge in [-0.05, 0) is 50.2 Å². The van der Waals surface area contributed by atoms with Gasteiger partial charge >= 0.3 is 5.97 Å². The number of benzene rings is 1. The molecule has 23 heavy (non-hydrogen) atoms. The first-order valence-corrected chi connectivity index (χ1v) is 8.94. The molecule has 0 spiro atoms. The van der Waals surface area contributed by atoms with E-state index in [0.717, 1.165) is 5.69 Å². The van der Waals surface area contributed by atoms with Gasteiger partial charge in [0.1, 0.15) is 0 Å². The predicted octanol–water partition coefficient (Wildman–Crippen LogP) is 4.26. The molecule has 1 aliphatic carbocycles. The number of hydrogen-bond acceptors (Lipinski definition) is 3. The van der Waals surface area contributed by atoms with Crippen molar-refractivity contribution in [3.63, 3.8) is 0 Å². The Labute approximate surface area is 144 Å². The van der Waals surface area contributed by atoms with Gasteiger partial charge in [0.2, 0.25) is 0 Å². The Balaban J connectivity index is 1.89. The lowest BCUT2D eigenvalue weighted by Crippen LogP contribution is -2.38. The number of carbonyl (C=O) groups excluding carboxylic acids is 1. The van der Waals surface area contributed by atoms with Gasteiger partial charge in [-0.3, -0.25) is 0 Å². The van der Waals surface area contributed by atoms with Gasteiger partial charge in [0.25, 0.3) is 0 Å². The molecule has 0 amide bonds. The molecule has 0 aromatic heterocycles. The topological polar surface area (TPSA) is 50.4 Å². The zero-order valence-corrected chi connectivity index (χ0v) is 14.6. The average Bonchev–Trinajstić information content (AvgIpc) is 2.50. The fourth-order valence-corrected chi connectivity index (χ4v) is 3.18. The summed E-state index contributed by atoms with van der Waals surface area (Å²) in [5.41, 5.74) is 1.34. The Hall–Kier alpha value is -1.62. The van der Waals surface area contributed by atoms with Crippen molar-refractivity contribution in [1.82, 2.24) is 5.32 Å². The van der Waals surface area contributed by atoms with Crippen LogP contribution in [-0.4, -0.2) is 23.7 Å². The Morgan fingerprint density at radius 3 is 2.61 bits per heavy atom. The van der Waals surface area contributed by atoms with Gasteiger partial charge in [-0.2, -0.15) is 0 Å². The van der Waals surface area contributed by atoms with Crippen LogP contribution in [0.5, 0.6) is 0 Å². The van der Waals surface area contributed by atoms with E-state index >= 15 is 0 Å². The van der Waals surface area contributed by atoms with E-state index in [2.05, 4.69) is 10.6 Å². The van der Waals surface area contributed by atoms with Crippen LogP contribution in [0.25, 0.3) is 0 Å². The van der Waals surface area contributed by atoms with Gasteiger partial charge in [0.15, 0.2) is 5.11 Å². The Bertz CT molecular complexity index is 526. The second-order valence-corrected chi connectivity index (χ2v) is 6.35. The van der Waals surface area contributed by atoms with Crippen LogP contribution in [0.3, 0.4) is 0 Å². The molecule has 2 N–H and O–H groups in total. The number of thiocarbonyl (C=S) groups is 1. The van der Waals surface area contributed by atoms with Crippen molar-refractivity contribution >= 4 is 29.0 Å². The normalized spacial score (nSPS) is 16.0. The second-order valence-electron chi connectivity index (χ2n) is 5.94. The summed E-state index contributed by atoms with van der Waals surface area (Å²) in [6.07, 6.45) is 8.86. The largest absolute Gasteiger partial charge is 0.462 e. The number of ether oxygens (including phenoxy) is 1. The van der Waals surface area contributed by atoms with Crippen LogP contribution in [0.4, 0.5) is 5.69 Å².